The van der Waals surface area contributed by atoms with E-state index in [2.05, 4.69) is 31.6 Å². The first-order valence-corrected chi connectivity index (χ1v) is 16.5. The lowest BCUT2D eigenvalue weighted by molar-refractivity contribution is -0.139. The molecule has 0 radical (unpaired) electrons. The van der Waals surface area contributed by atoms with Gasteiger partial charge in [-0.2, -0.15) is 0 Å². The van der Waals surface area contributed by atoms with Gasteiger partial charge in [0.2, 0.25) is 35.4 Å². The number of fused-ring (bicyclic) bond motifs is 1. The van der Waals surface area contributed by atoms with Gasteiger partial charge in [-0.15, -0.1) is 11.3 Å². The van der Waals surface area contributed by atoms with Crippen molar-refractivity contribution in [3.05, 3.63) is 59.4 Å². The molecule has 0 unspecified atom stereocenters. The number of imidazole rings is 1. The lowest BCUT2D eigenvalue weighted by Crippen LogP contribution is -2.59. The Morgan fingerprint density at radius 3 is 2.49 bits per heavy atom. The summed E-state index contributed by atoms with van der Waals surface area (Å²) in [6.45, 7) is 4.90. The Hall–Kier alpha value is -4.79. The molecule has 2 aromatic heterocycles. The third-order valence-corrected chi connectivity index (χ3v) is 8.55. The van der Waals surface area contributed by atoms with Gasteiger partial charge in [0.15, 0.2) is 4.96 Å². The molecule has 252 valence electrons. The Bertz CT molecular complexity index is 1560. The Balaban J connectivity index is 1.51. The number of nitrogens with zero attached hydrogens (tertiary/aromatic N) is 3. The van der Waals surface area contributed by atoms with Crippen LogP contribution in [0.15, 0.2) is 48.1 Å². The molecule has 0 bridgehead atoms. The molecule has 5 N–H and O–H groups in total. The van der Waals surface area contributed by atoms with Crippen LogP contribution in [0.4, 0.5) is 0 Å². The first-order chi connectivity index (χ1) is 22.4. The molecule has 47 heavy (non-hydrogen) atoms. The summed E-state index contributed by atoms with van der Waals surface area (Å²) in [6.07, 6.45) is 4.18. The van der Waals surface area contributed by atoms with E-state index >= 15 is 0 Å². The van der Waals surface area contributed by atoms with E-state index in [4.69, 9.17) is 0 Å². The van der Waals surface area contributed by atoms with Crippen molar-refractivity contribution in [3.8, 4) is 0 Å². The molecule has 1 saturated heterocycles. The van der Waals surface area contributed by atoms with E-state index < -0.39 is 59.6 Å². The molecule has 3 heterocycles. The number of rotatable bonds is 6. The van der Waals surface area contributed by atoms with E-state index in [0.29, 0.717) is 12.1 Å². The zero-order valence-corrected chi connectivity index (χ0v) is 27.8. The maximum Gasteiger partial charge on any atom is 0.245 e. The Morgan fingerprint density at radius 2 is 1.79 bits per heavy atom. The molecule has 14 nitrogen and oxygen atoms in total. The summed E-state index contributed by atoms with van der Waals surface area (Å²) in [6, 6.07) is 5.04. The summed E-state index contributed by atoms with van der Waals surface area (Å²) < 4.78 is 1.81. The minimum Gasteiger partial charge on any atom is -0.355 e. The lowest BCUT2D eigenvalue weighted by atomic mass is 10.0. The third kappa shape index (κ3) is 9.85. The summed E-state index contributed by atoms with van der Waals surface area (Å²) in [5.41, 5.74) is 1.34. The van der Waals surface area contributed by atoms with Crippen LogP contribution in [0.2, 0.25) is 0 Å². The highest BCUT2D eigenvalue weighted by Crippen LogP contribution is 2.13. The Kier molecular flexibility index (Phi) is 12.1. The average Bonchev–Trinajstić information content (AvgIpc) is 3.62. The van der Waals surface area contributed by atoms with Gasteiger partial charge in [-0.05, 0) is 31.2 Å². The van der Waals surface area contributed by atoms with E-state index in [1.54, 1.807) is 24.4 Å². The van der Waals surface area contributed by atoms with E-state index in [1.807, 2.05) is 41.9 Å². The molecule has 1 fully saturated rings. The van der Waals surface area contributed by atoms with Crippen LogP contribution in [0.25, 0.3) is 4.96 Å². The van der Waals surface area contributed by atoms with Crippen LogP contribution in [0, 0.1) is 5.92 Å². The van der Waals surface area contributed by atoms with Crippen LogP contribution < -0.4 is 26.6 Å². The normalized spacial score (nSPS) is 22.6. The second kappa shape index (κ2) is 16.2. The topological polar surface area (TPSA) is 183 Å². The van der Waals surface area contributed by atoms with Crippen LogP contribution in [0.3, 0.4) is 0 Å². The van der Waals surface area contributed by atoms with E-state index in [0.717, 1.165) is 10.5 Å². The summed E-state index contributed by atoms with van der Waals surface area (Å²) in [4.78, 5) is 85.8. The second-order valence-corrected chi connectivity index (χ2v) is 12.9. The Morgan fingerprint density at radius 1 is 1.04 bits per heavy atom. The molecule has 0 spiro atoms. The fraction of sp³-hybridized carbons (Fsp3) is 0.469. The average molecular weight is 667 g/mol. The minimum atomic E-state index is -1.06. The molecule has 1 aliphatic rings. The molecule has 15 heteroatoms. The van der Waals surface area contributed by atoms with E-state index in [1.165, 1.54) is 30.2 Å². The van der Waals surface area contributed by atoms with E-state index in [-0.39, 0.29) is 38.3 Å². The highest BCUT2D eigenvalue weighted by molar-refractivity contribution is 7.15. The summed E-state index contributed by atoms with van der Waals surface area (Å²) >= 11 is 1.43. The van der Waals surface area contributed by atoms with E-state index in [9.17, 15) is 28.8 Å². The van der Waals surface area contributed by atoms with Gasteiger partial charge in [-0.3, -0.25) is 33.2 Å². The van der Waals surface area contributed by atoms with Gasteiger partial charge >= 0.3 is 0 Å². The van der Waals surface area contributed by atoms with Crippen molar-refractivity contribution in [2.75, 3.05) is 20.1 Å². The highest BCUT2D eigenvalue weighted by atomic mass is 32.1. The van der Waals surface area contributed by atoms with Crippen LogP contribution in [0.5, 0.6) is 0 Å². The van der Waals surface area contributed by atoms with Gasteiger partial charge < -0.3 is 31.5 Å². The molecule has 4 atom stereocenters. The van der Waals surface area contributed by atoms with Gasteiger partial charge in [-0.25, -0.2) is 4.98 Å². The molecule has 6 amide bonds. The number of benzene rings is 1. The molecule has 0 aliphatic carbocycles. The minimum absolute atomic E-state index is 0.0543. The molecule has 4 rings (SSSR count). The number of carbonyl (C=O) groups is 6. The van der Waals surface area contributed by atoms with Gasteiger partial charge in [0.1, 0.15) is 24.2 Å². The van der Waals surface area contributed by atoms with Crippen molar-refractivity contribution >= 4 is 51.7 Å². The van der Waals surface area contributed by atoms with Crippen molar-refractivity contribution < 1.29 is 28.8 Å². The van der Waals surface area contributed by atoms with Gasteiger partial charge in [0.05, 0.1) is 18.7 Å². The summed E-state index contributed by atoms with van der Waals surface area (Å²) in [5.74, 6) is -3.45. The van der Waals surface area contributed by atoms with Crippen LogP contribution >= 0.6 is 11.3 Å². The van der Waals surface area contributed by atoms with Crippen LogP contribution in [-0.2, 0) is 41.6 Å². The number of nitrogens with one attached hydrogen (secondary N) is 5. The SMILES string of the molecule is CC(C)[C@H]1NC(=O)[C@@H](NC(=O)Cc2cn3ccsc3n2)CCCNC(=O)CN(C)C(=O)[C@H](Cc2ccccc2)NC(=O)[C@@H](C)NC1=O. The number of hydrogen-bond donors (Lipinski definition) is 5. The zero-order chi connectivity index (χ0) is 34.1. The predicted molar refractivity (Wildman–Crippen MR) is 175 cm³/mol. The molecule has 0 saturated carbocycles. The van der Waals surface area contributed by atoms with Crippen LogP contribution in [-0.4, -0.2) is 94.0 Å². The lowest BCUT2D eigenvalue weighted by Gasteiger charge is -2.28. The molecular weight excluding hydrogens is 624 g/mol. The quantitative estimate of drug-likeness (QED) is 0.248. The first-order valence-electron chi connectivity index (χ1n) is 15.6. The van der Waals surface area contributed by atoms with Gasteiger partial charge in [0.25, 0.3) is 0 Å². The summed E-state index contributed by atoms with van der Waals surface area (Å²) in [7, 11) is 1.47. The van der Waals surface area contributed by atoms with Gasteiger partial charge in [0, 0.05) is 37.8 Å². The number of hydrogen-bond acceptors (Lipinski definition) is 8. The zero-order valence-electron chi connectivity index (χ0n) is 26.9. The molecule has 3 aromatic rings. The van der Waals surface area contributed by atoms with Crippen molar-refractivity contribution in [2.24, 2.45) is 5.92 Å². The number of likely N-dealkylation sites (N-methyl/N-ethyl adjacent to an activating group) is 1. The van der Waals surface area contributed by atoms with Crippen molar-refractivity contribution in [1.82, 2.24) is 40.9 Å². The van der Waals surface area contributed by atoms with Crippen LogP contribution in [0.1, 0.15) is 44.9 Å². The third-order valence-electron chi connectivity index (χ3n) is 7.78. The second-order valence-electron chi connectivity index (χ2n) is 12.0. The fourth-order valence-electron chi connectivity index (χ4n) is 5.19. The smallest absolute Gasteiger partial charge is 0.245 e. The maximum absolute atomic E-state index is 13.5. The van der Waals surface area contributed by atoms with Gasteiger partial charge in [-0.1, -0.05) is 44.2 Å². The maximum atomic E-state index is 13.5. The molecular formula is C32H42N8O6S. The summed E-state index contributed by atoms with van der Waals surface area (Å²) in [5, 5.41) is 15.5. The monoisotopic (exact) mass is 666 g/mol. The highest BCUT2D eigenvalue weighted by Gasteiger charge is 2.32. The largest absolute Gasteiger partial charge is 0.355 e. The van der Waals surface area contributed by atoms with Crippen molar-refractivity contribution in [3.63, 3.8) is 0 Å². The first kappa shape index (κ1) is 35.1. The molecule has 1 aliphatic heterocycles. The number of amides is 6. The standard InChI is InChI=1S/C32H42N8O6S/c1-19(2)27-30(45)34-20(3)28(43)37-24(15-21-9-6-5-7-10-21)31(46)39(4)18-26(42)33-12-8-11-23(29(44)38-27)36-25(41)16-22-17-40-13-14-47-32(40)35-22/h5-7,9-10,13-14,17,19-20,23-24,27H,8,11-12,15-16,18H2,1-4H3,(H,33,42)(H,34,45)(H,36,41)(H,37,43)(H,38,44)/t20-,23+,24+,27-/m1/s1. The number of carbonyl (C=O) groups excluding carboxylic acids is 6. The van der Waals surface area contributed by atoms with Crippen molar-refractivity contribution in [2.45, 2.75) is 70.6 Å². The number of aromatic nitrogens is 2. The molecule has 1 aromatic carbocycles. The Labute approximate surface area is 277 Å². The number of thiazole rings is 1. The van der Waals surface area contributed by atoms with Crippen molar-refractivity contribution in [1.29, 1.82) is 0 Å². The predicted octanol–water partition coefficient (Wildman–Crippen LogP) is 0.165. The fourth-order valence-corrected chi connectivity index (χ4v) is 5.91.